The number of carbonyl (C=O) groups is 2. The van der Waals surface area contributed by atoms with Gasteiger partial charge in [-0.3, -0.25) is 9.59 Å². The minimum absolute atomic E-state index is 0.0221. The molecule has 0 aliphatic heterocycles. The van der Waals surface area contributed by atoms with Crippen LogP contribution in [-0.4, -0.2) is 44.7 Å². The zero-order valence-electron chi connectivity index (χ0n) is 14.5. The summed E-state index contributed by atoms with van der Waals surface area (Å²) >= 11 is 0. The van der Waals surface area contributed by atoms with E-state index in [0.717, 1.165) is 11.3 Å². The van der Waals surface area contributed by atoms with E-state index in [1.54, 1.807) is 7.11 Å². The van der Waals surface area contributed by atoms with Gasteiger partial charge in [0.1, 0.15) is 12.4 Å². The lowest BCUT2D eigenvalue weighted by Crippen LogP contribution is -2.47. The van der Waals surface area contributed by atoms with Crippen molar-refractivity contribution in [1.82, 2.24) is 10.6 Å². The van der Waals surface area contributed by atoms with Gasteiger partial charge in [0, 0.05) is 13.7 Å². The predicted octanol–water partition coefficient (Wildman–Crippen LogP) is 0.428. The molecule has 0 aliphatic carbocycles. The van der Waals surface area contributed by atoms with E-state index in [-0.39, 0.29) is 24.3 Å². The molecule has 0 saturated carbocycles. The van der Waals surface area contributed by atoms with Crippen molar-refractivity contribution >= 4 is 11.8 Å². The van der Waals surface area contributed by atoms with Gasteiger partial charge in [0.05, 0.1) is 19.2 Å². The Morgan fingerprint density at radius 3 is 2.62 bits per heavy atom. The van der Waals surface area contributed by atoms with Gasteiger partial charge in [-0.1, -0.05) is 26.0 Å². The predicted molar refractivity (Wildman–Crippen MR) is 91.5 cm³/mol. The highest BCUT2D eigenvalue weighted by Crippen LogP contribution is 2.13. The van der Waals surface area contributed by atoms with Crippen LogP contribution in [0.2, 0.25) is 0 Å². The van der Waals surface area contributed by atoms with Gasteiger partial charge in [0.25, 0.3) is 0 Å². The van der Waals surface area contributed by atoms with E-state index < -0.39 is 6.04 Å². The lowest BCUT2D eigenvalue weighted by atomic mass is 10.1. The number of ether oxygens (including phenoxy) is 2. The first-order chi connectivity index (χ1) is 11.4. The summed E-state index contributed by atoms with van der Waals surface area (Å²) in [6.07, 6.45) is 0. The molecule has 0 spiro atoms. The highest BCUT2D eigenvalue weighted by atomic mass is 16.5. The van der Waals surface area contributed by atoms with Crippen molar-refractivity contribution in [2.75, 3.05) is 26.9 Å². The van der Waals surface area contributed by atoms with Crippen LogP contribution in [0.4, 0.5) is 0 Å². The minimum atomic E-state index is -0.612. The molecule has 24 heavy (non-hydrogen) atoms. The summed E-state index contributed by atoms with van der Waals surface area (Å²) in [7, 11) is 1.61. The van der Waals surface area contributed by atoms with E-state index in [1.807, 2.05) is 38.1 Å². The van der Waals surface area contributed by atoms with E-state index in [1.165, 1.54) is 0 Å². The van der Waals surface area contributed by atoms with Crippen LogP contribution in [0.3, 0.4) is 0 Å². The van der Waals surface area contributed by atoms with Crippen molar-refractivity contribution in [3.05, 3.63) is 29.8 Å². The molecule has 0 saturated heterocycles. The van der Waals surface area contributed by atoms with Crippen LogP contribution >= 0.6 is 0 Å². The fourth-order valence-corrected chi connectivity index (χ4v) is 1.84. The quantitative estimate of drug-likeness (QED) is 0.537. The fraction of sp³-hybridized carbons (Fsp3) is 0.529. The van der Waals surface area contributed by atoms with Gasteiger partial charge in [-0.15, -0.1) is 0 Å². The molecule has 0 bridgehead atoms. The van der Waals surface area contributed by atoms with Crippen molar-refractivity contribution in [1.29, 1.82) is 0 Å². The third kappa shape index (κ3) is 7.43. The molecule has 0 radical (unpaired) electrons. The third-order valence-corrected chi connectivity index (χ3v) is 3.39. The topological polar surface area (TPSA) is 103 Å². The summed E-state index contributed by atoms with van der Waals surface area (Å²) in [6, 6.07) is 6.82. The molecule has 0 fully saturated rings. The lowest BCUT2D eigenvalue weighted by molar-refractivity contribution is -0.127. The average Bonchev–Trinajstić information content (AvgIpc) is 2.57. The minimum Gasteiger partial charge on any atom is -0.491 e. The highest BCUT2D eigenvalue weighted by molar-refractivity contribution is 5.87. The molecule has 2 amide bonds. The molecule has 134 valence electrons. The number of benzene rings is 1. The van der Waals surface area contributed by atoms with Gasteiger partial charge in [-0.25, -0.2) is 0 Å². The van der Waals surface area contributed by atoms with Gasteiger partial charge in [0.2, 0.25) is 11.8 Å². The Kier molecular flexibility index (Phi) is 8.81. The van der Waals surface area contributed by atoms with Crippen LogP contribution < -0.4 is 21.1 Å². The maximum absolute atomic E-state index is 11.8. The van der Waals surface area contributed by atoms with Crippen molar-refractivity contribution in [2.24, 2.45) is 11.7 Å². The largest absolute Gasteiger partial charge is 0.491 e. The molecular formula is C17H27N3O4. The molecule has 0 unspecified atom stereocenters. The Morgan fingerprint density at radius 2 is 1.96 bits per heavy atom. The summed E-state index contributed by atoms with van der Waals surface area (Å²) in [4.78, 5) is 23.5. The molecule has 1 aromatic rings. The summed E-state index contributed by atoms with van der Waals surface area (Å²) in [5.74, 6) is 0.141. The lowest BCUT2D eigenvalue weighted by Gasteiger charge is -2.15. The van der Waals surface area contributed by atoms with Crippen LogP contribution in [0, 0.1) is 5.92 Å². The molecule has 4 N–H and O–H groups in total. The molecule has 1 atom stereocenters. The average molecular weight is 337 g/mol. The first kappa shape index (κ1) is 19.9. The monoisotopic (exact) mass is 337 g/mol. The number of amides is 2. The summed E-state index contributed by atoms with van der Waals surface area (Å²) in [5.41, 5.74) is 6.62. The molecule has 1 rings (SSSR count). The van der Waals surface area contributed by atoms with Crippen molar-refractivity contribution in [2.45, 2.75) is 26.4 Å². The molecule has 0 aromatic heterocycles. The zero-order chi connectivity index (χ0) is 17.9. The van der Waals surface area contributed by atoms with Crippen LogP contribution in [0.1, 0.15) is 19.4 Å². The maximum atomic E-state index is 11.8. The summed E-state index contributed by atoms with van der Waals surface area (Å²) in [6.45, 7) is 4.95. The van der Waals surface area contributed by atoms with E-state index in [2.05, 4.69) is 10.6 Å². The van der Waals surface area contributed by atoms with Crippen molar-refractivity contribution < 1.29 is 19.1 Å². The number of carbonyl (C=O) groups excluding carboxylic acids is 2. The standard InChI is InChI=1S/C17H27N3O4/c1-12(2)16(18)17(22)20-11-15(21)19-10-13-5-4-6-14(9-13)24-8-7-23-3/h4-6,9,12,16H,7-8,10-11,18H2,1-3H3,(H,19,21)(H,20,22)/t16-/m0/s1. The first-order valence-electron chi connectivity index (χ1n) is 7.94. The van der Waals surface area contributed by atoms with Gasteiger partial charge in [-0.05, 0) is 23.6 Å². The van der Waals surface area contributed by atoms with Gasteiger partial charge < -0.3 is 25.8 Å². The number of methoxy groups -OCH3 is 1. The Bertz CT molecular complexity index is 534. The highest BCUT2D eigenvalue weighted by Gasteiger charge is 2.17. The second-order valence-electron chi connectivity index (χ2n) is 5.75. The van der Waals surface area contributed by atoms with Crippen LogP contribution in [0.25, 0.3) is 0 Å². The summed E-state index contributed by atoms with van der Waals surface area (Å²) < 4.78 is 10.4. The summed E-state index contributed by atoms with van der Waals surface area (Å²) in [5, 5.41) is 5.27. The van der Waals surface area contributed by atoms with Gasteiger partial charge >= 0.3 is 0 Å². The first-order valence-corrected chi connectivity index (χ1v) is 7.94. The molecule has 1 aromatic carbocycles. The third-order valence-electron chi connectivity index (χ3n) is 3.39. The molecule has 0 aliphatic rings. The zero-order valence-corrected chi connectivity index (χ0v) is 14.5. The fourth-order valence-electron chi connectivity index (χ4n) is 1.84. The maximum Gasteiger partial charge on any atom is 0.239 e. The normalized spacial score (nSPS) is 11.9. The Hall–Kier alpha value is -2.12. The van der Waals surface area contributed by atoms with Crippen molar-refractivity contribution in [3.63, 3.8) is 0 Å². The second-order valence-corrected chi connectivity index (χ2v) is 5.75. The van der Waals surface area contributed by atoms with Crippen LogP contribution in [0.15, 0.2) is 24.3 Å². The van der Waals surface area contributed by atoms with Crippen LogP contribution in [0.5, 0.6) is 5.75 Å². The van der Waals surface area contributed by atoms with E-state index in [9.17, 15) is 9.59 Å². The molecular weight excluding hydrogens is 310 g/mol. The number of nitrogens with two attached hydrogens (primary N) is 1. The Morgan fingerprint density at radius 1 is 1.21 bits per heavy atom. The second kappa shape index (κ2) is 10.6. The number of nitrogens with one attached hydrogen (secondary N) is 2. The van der Waals surface area contributed by atoms with Crippen LogP contribution in [-0.2, 0) is 20.9 Å². The Labute approximate surface area is 142 Å². The number of hydrogen-bond acceptors (Lipinski definition) is 5. The van der Waals surface area contributed by atoms with E-state index >= 15 is 0 Å². The number of rotatable bonds is 10. The molecule has 7 heteroatoms. The Balaban J connectivity index is 2.36. The number of hydrogen-bond donors (Lipinski definition) is 3. The molecule has 0 heterocycles. The van der Waals surface area contributed by atoms with E-state index in [4.69, 9.17) is 15.2 Å². The van der Waals surface area contributed by atoms with Gasteiger partial charge in [0.15, 0.2) is 0 Å². The molecule has 7 nitrogen and oxygen atoms in total. The van der Waals surface area contributed by atoms with E-state index in [0.29, 0.717) is 19.8 Å². The SMILES string of the molecule is COCCOc1cccc(CNC(=O)CNC(=O)[C@@H](N)C(C)C)c1. The smallest absolute Gasteiger partial charge is 0.239 e. The van der Waals surface area contributed by atoms with Gasteiger partial charge in [-0.2, -0.15) is 0 Å². The van der Waals surface area contributed by atoms with Crippen molar-refractivity contribution in [3.8, 4) is 5.75 Å².